The number of hydrogen-bond donors (Lipinski definition) is 0. The van der Waals surface area contributed by atoms with Crippen LogP contribution >= 0.6 is 0 Å². The van der Waals surface area contributed by atoms with E-state index in [1.807, 2.05) is 0 Å². The number of rotatable bonds is 0. The van der Waals surface area contributed by atoms with Crippen molar-refractivity contribution in [2.24, 2.45) is 0 Å². The van der Waals surface area contributed by atoms with Gasteiger partial charge in [0, 0.05) is 12.4 Å². The van der Waals surface area contributed by atoms with Crippen LogP contribution in [0.5, 0.6) is 0 Å². The third kappa shape index (κ3) is 1.68. The molecule has 1 heterocycles. The highest BCUT2D eigenvalue weighted by atomic mass is 14.6. The third-order valence-corrected chi connectivity index (χ3v) is 3.08. The zero-order chi connectivity index (χ0) is 10.2. The van der Waals surface area contributed by atoms with Crippen molar-refractivity contribution in [3.05, 3.63) is 29.1 Å². The molecule has 0 aromatic carbocycles. The van der Waals surface area contributed by atoms with E-state index < -0.39 is 0 Å². The standard InChI is InChI=1S/C13H19N/c1-13(2,3)12-9-14-8-10-6-4-5-7-11(10)12/h8-9H,4-7H2,1-3H3. The summed E-state index contributed by atoms with van der Waals surface area (Å²) in [5.74, 6) is 0. The highest BCUT2D eigenvalue weighted by Crippen LogP contribution is 2.31. The van der Waals surface area contributed by atoms with E-state index in [0.717, 1.165) is 0 Å². The predicted molar refractivity (Wildman–Crippen MR) is 59.6 cm³/mol. The Hall–Kier alpha value is -0.850. The fourth-order valence-corrected chi connectivity index (χ4v) is 2.30. The average molecular weight is 189 g/mol. The Morgan fingerprint density at radius 1 is 1.07 bits per heavy atom. The molecule has 1 nitrogen and oxygen atoms in total. The summed E-state index contributed by atoms with van der Waals surface area (Å²) < 4.78 is 0. The molecule has 0 saturated carbocycles. The molecule has 0 saturated heterocycles. The van der Waals surface area contributed by atoms with E-state index >= 15 is 0 Å². The minimum atomic E-state index is 0.246. The lowest BCUT2D eigenvalue weighted by Gasteiger charge is -2.26. The van der Waals surface area contributed by atoms with E-state index in [-0.39, 0.29) is 5.41 Å². The second-order valence-electron chi connectivity index (χ2n) is 5.28. The Balaban J connectivity index is 2.51. The lowest BCUT2D eigenvalue weighted by Crippen LogP contribution is -2.18. The number of pyridine rings is 1. The molecule has 1 heteroatoms. The summed E-state index contributed by atoms with van der Waals surface area (Å²) in [5, 5.41) is 0. The maximum Gasteiger partial charge on any atom is 0.0308 e. The maximum atomic E-state index is 4.36. The summed E-state index contributed by atoms with van der Waals surface area (Å²) >= 11 is 0. The summed E-state index contributed by atoms with van der Waals surface area (Å²) in [6, 6.07) is 0. The molecule has 0 atom stereocenters. The van der Waals surface area contributed by atoms with Crippen molar-refractivity contribution >= 4 is 0 Å². The highest BCUT2D eigenvalue weighted by molar-refractivity contribution is 5.37. The van der Waals surface area contributed by atoms with Gasteiger partial charge < -0.3 is 0 Å². The van der Waals surface area contributed by atoms with Crippen molar-refractivity contribution in [1.82, 2.24) is 4.98 Å². The molecular formula is C13H19N. The molecule has 0 N–H and O–H groups in total. The maximum absolute atomic E-state index is 4.36. The predicted octanol–water partition coefficient (Wildman–Crippen LogP) is 3.26. The molecule has 0 spiro atoms. The first-order chi connectivity index (χ1) is 6.59. The van der Waals surface area contributed by atoms with Gasteiger partial charge in [0.25, 0.3) is 0 Å². The normalized spacial score (nSPS) is 16.5. The Labute approximate surface area is 86.6 Å². The highest BCUT2D eigenvalue weighted by Gasteiger charge is 2.21. The second-order valence-corrected chi connectivity index (χ2v) is 5.28. The van der Waals surface area contributed by atoms with Gasteiger partial charge in [-0.25, -0.2) is 0 Å². The molecule has 76 valence electrons. The monoisotopic (exact) mass is 189 g/mol. The number of nitrogens with zero attached hydrogens (tertiary/aromatic N) is 1. The molecule has 1 aromatic heterocycles. The Morgan fingerprint density at radius 3 is 2.50 bits per heavy atom. The van der Waals surface area contributed by atoms with E-state index in [1.54, 1.807) is 5.56 Å². The fourth-order valence-electron chi connectivity index (χ4n) is 2.30. The molecule has 14 heavy (non-hydrogen) atoms. The summed E-state index contributed by atoms with van der Waals surface area (Å²) in [4.78, 5) is 4.36. The van der Waals surface area contributed by atoms with Crippen LogP contribution in [-0.4, -0.2) is 4.98 Å². The van der Waals surface area contributed by atoms with Crippen LogP contribution < -0.4 is 0 Å². The lowest BCUT2D eigenvalue weighted by atomic mass is 9.79. The topological polar surface area (TPSA) is 12.9 Å². The van der Waals surface area contributed by atoms with Crippen LogP contribution in [0, 0.1) is 0 Å². The first kappa shape index (κ1) is 9.70. The van der Waals surface area contributed by atoms with Gasteiger partial charge in [-0.2, -0.15) is 0 Å². The van der Waals surface area contributed by atoms with Gasteiger partial charge in [0.15, 0.2) is 0 Å². The van der Waals surface area contributed by atoms with Crippen molar-refractivity contribution in [1.29, 1.82) is 0 Å². The molecule has 0 amide bonds. The van der Waals surface area contributed by atoms with E-state index in [2.05, 4.69) is 38.1 Å². The summed E-state index contributed by atoms with van der Waals surface area (Å²) in [5.41, 5.74) is 4.77. The lowest BCUT2D eigenvalue weighted by molar-refractivity contribution is 0.564. The Kier molecular flexibility index (Phi) is 2.34. The zero-order valence-corrected chi connectivity index (χ0v) is 9.43. The molecule has 0 unspecified atom stereocenters. The largest absolute Gasteiger partial charge is 0.264 e. The fraction of sp³-hybridized carbons (Fsp3) is 0.615. The van der Waals surface area contributed by atoms with Gasteiger partial charge in [0.1, 0.15) is 0 Å². The van der Waals surface area contributed by atoms with Crippen LogP contribution in [0.25, 0.3) is 0 Å². The van der Waals surface area contributed by atoms with E-state index in [4.69, 9.17) is 0 Å². The molecule has 0 fully saturated rings. The molecule has 1 aromatic rings. The van der Waals surface area contributed by atoms with Gasteiger partial charge >= 0.3 is 0 Å². The minimum absolute atomic E-state index is 0.246. The first-order valence-electron chi connectivity index (χ1n) is 5.55. The summed E-state index contributed by atoms with van der Waals surface area (Å²) in [6.07, 6.45) is 9.28. The summed E-state index contributed by atoms with van der Waals surface area (Å²) in [6.45, 7) is 6.83. The van der Waals surface area contributed by atoms with Gasteiger partial charge in [-0.1, -0.05) is 20.8 Å². The third-order valence-electron chi connectivity index (χ3n) is 3.08. The molecule has 1 aliphatic carbocycles. The zero-order valence-electron chi connectivity index (χ0n) is 9.43. The smallest absolute Gasteiger partial charge is 0.0308 e. The Bertz CT molecular complexity index is 334. The average Bonchev–Trinajstić information content (AvgIpc) is 2.15. The molecular weight excluding hydrogens is 170 g/mol. The number of fused-ring (bicyclic) bond motifs is 1. The van der Waals surface area contributed by atoms with Crippen LogP contribution in [0.15, 0.2) is 12.4 Å². The van der Waals surface area contributed by atoms with E-state index in [1.165, 1.54) is 36.8 Å². The van der Waals surface area contributed by atoms with Gasteiger partial charge in [0.05, 0.1) is 0 Å². The van der Waals surface area contributed by atoms with Crippen molar-refractivity contribution in [3.63, 3.8) is 0 Å². The van der Waals surface area contributed by atoms with Crippen LogP contribution in [-0.2, 0) is 18.3 Å². The van der Waals surface area contributed by atoms with Crippen molar-refractivity contribution in [2.75, 3.05) is 0 Å². The molecule has 1 aliphatic rings. The van der Waals surface area contributed by atoms with Crippen LogP contribution in [0.3, 0.4) is 0 Å². The van der Waals surface area contributed by atoms with Gasteiger partial charge in [-0.3, -0.25) is 4.98 Å². The number of aryl methyl sites for hydroxylation is 1. The molecule has 0 aliphatic heterocycles. The van der Waals surface area contributed by atoms with Gasteiger partial charge in [0.2, 0.25) is 0 Å². The van der Waals surface area contributed by atoms with Gasteiger partial charge in [-0.15, -0.1) is 0 Å². The van der Waals surface area contributed by atoms with E-state index in [0.29, 0.717) is 0 Å². The number of hydrogen-bond acceptors (Lipinski definition) is 1. The van der Waals surface area contributed by atoms with Crippen molar-refractivity contribution in [2.45, 2.75) is 51.9 Å². The van der Waals surface area contributed by atoms with Crippen LogP contribution in [0.2, 0.25) is 0 Å². The van der Waals surface area contributed by atoms with Crippen LogP contribution in [0.4, 0.5) is 0 Å². The minimum Gasteiger partial charge on any atom is -0.264 e. The van der Waals surface area contributed by atoms with Crippen molar-refractivity contribution < 1.29 is 0 Å². The molecule has 0 bridgehead atoms. The van der Waals surface area contributed by atoms with Crippen molar-refractivity contribution in [3.8, 4) is 0 Å². The SMILES string of the molecule is CC(C)(C)c1cncc2c1CCCC2. The molecule has 2 rings (SSSR count). The second kappa shape index (κ2) is 3.38. The van der Waals surface area contributed by atoms with Gasteiger partial charge in [-0.05, 0) is 47.8 Å². The number of aromatic nitrogens is 1. The summed E-state index contributed by atoms with van der Waals surface area (Å²) in [7, 11) is 0. The van der Waals surface area contributed by atoms with E-state index in [9.17, 15) is 0 Å². The quantitative estimate of drug-likeness (QED) is 0.610. The first-order valence-corrected chi connectivity index (χ1v) is 5.55. The Morgan fingerprint density at radius 2 is 1.79 bits per heavy atom. The molecule has 0 radical (unpaired) electrons. The van der Waals surface area contributed by atoms with Crippen LogP contribution in [0.1, 0.15) is 50.3 Å².